The fraction of sp³-hybridized carbons (Fsp3) is 0.400. The molecule has 0 fully saturated rings. The van der Waals surface area contributed by atoms with Crippen molar-refractivity contribution >= 4 is 34.8 Å². The van der Waals surface area contributed by atoms with E-state index in [2.05, 4.69) is 25.3 Å². The number of carbonyl (C=O) groups excluding carboxylic acids is 2. The summed E-state index contributed by atoms with van der Waals surface area (Å²) in [4.78, 5) is 32.1. The molecule has 1 atom stereocenters. The quantitative estimate of drug-likeness (QED) is 0.290. The van der Waals surface area contributed by atoms with Crippen LogP contribution in [0.3, 0.4) is 0 Å². The largest absolute Gasteiger partial charge is 0.497 e. The molecule has 38 heavy (non-hydrogen) atoms. The minimum atomic E-state index is -0.229. The molecule has 4 rings (SSSR count). The Kier molecular flexibility index (Phi) is 9.34. The highest BCUT2D eigenvalue weighted by atomic mass is 35.5. The van der Waals surface area contributed by atoms with E-state index in [0.29, 0.717) is 47.7 Å². The van der Waals surface area contributed by atoms with Crippen molar-refractivity contribution in [1.29, 1.82) is 0 Å². The number of amides is 2. The molecule has 6 nitrogen and oxygen atoms in total. The van der Waals surface area contributed by atoms with Gasteiger partial charge in [-0.15, -0.1) is 11.3 Å². The molecule has 3 aromatic rings. The minimum absolute atomic E-state index is 0.0127. The second kappa shape index (κ2) is 12.7. The van der Waals surface area contributed by atoms with Crippen LogP contribution < -0.4 is 9.47 Å². The van der Waals surface area contributed by atoms with E-state index < -0.39 is 0 Å². The summed E-state index contributed by atoms with van der Waals surface area (Å²) in [5.41, 5.74) is 2.57. The zero-order valence-electron chi connectivity index (χ0n) is 22.4. The molecule has 0 saturated carbocycles. The normalized spacial score (nSPS) is 14.8. The lowest BCUT2D eigenvalue weighted by molar-refractivity contribution is -0.135. The molecule has 0 aliphatic carbocycles. The lowest BCUT2D eigenvalue weighted by Crippen LogP contribution is -2.48. The van der Waals surface area contributed by atoms with Gasteiger partial charge in [0, 0.05) is 28.6 Å². The number of fused-ring (bicyclic) bond motifs is 1. The molecular formula is C30H35ClN2O4S. The predicted molar refractivity (Wildman–Crippen MR) is 153 cm³/mol. The third-order valence-corrected chi connectivity index (χ3v) is 8.28. The van der Waals surface area contributed by atoms with E-state index >= 15 is 0 Å². The van der Waals surface area contributed by atoms with Gasteiger partial charge in [0.1, 0.15) is 24.7 Å². The van der Waals surface area contributed by atoms with Crippen LogP contribution in [0, 0.1) is 12.8 Å². The number of hydrogen-bond donors (Lipinski definition) is 0. The molecule has 0 saturated heterocycles. The number of ether oxygens (including phenoxy) is 2. The van der Waals surface area contributed by atoms with Gasteiger partial charge in [-0.3, -0.25) is 9.59 Å². The van der Waals surface area contributed by atoms with Crippen molar-refractivity contribution in [3.8, 4) is 11.5 Å². The first-order valence-corrected chi connectivity index (χ1v) is 14.2. The summed E-state index contributed by atoms with van der Waals surface area (Å²) < 4.78 is 11.5. The van der Waals surface area contributed by atoms with Gasteiger partial charge in [-0.25, -0.2) is 0 Å². The first-order chi connectivity index (χ1) is 18.3. The summed E-state index contributed by atoms with van der Waals surface area (Å²) in [6, 6.07) is 14.5. The van der Waals surface area contributed by atoms with E-state index in [1.165, 1.54) is 4.88 Å². The highest BCUT2D eigenvalue weighted by Crippen LogP contribution is 2.34. The van der Waals surface area contributed by atoms with E-state index in [9.17, 15) is 9.59 Å². The average Bonchev–Trinajstić information content (AvgIpc) is 3.40. The molecule has 0 radical (unpaired) electrons. The zero-order valence-corrected chi connectivity index (χ0v) is 24.0. The summed E-state index contributed by atoms with van der Waals surface area (Å²) >= 11 is 7.89. The molecule has 1 aliphatic rings. The number of halogens is 1. The maximum atomic E-state index is 13.8. The Morgan fingerprint density at radius 3 is 2.71 bits per heavy atom. The Labute approximate surface area is 234 Å². The van der Waals surface area contributed by atoms with E-state index in [0.717, 1.165) is 24.0 Å². The number of rotatable bonds is 10. The van der Waals surface area contributed by atoms with Crippen molar-refractivity contribution in [3.63, 3.8) is 0 Å². The lowest BCUT2D eigenvalue weighted by Gasteiger charge is -2.37. The highest BCUT2D eigenvalue weighted by molar-refractivity contribution is 7.10. The van der Waals surface area contributed by atoms with Crippen LogP contribution in [0.2, 0.25) is 5.02 Å². The minimum Gasteiger partial charge on any atom is -0.497 e. The predicted octanol–water partition coefficient (Wildman–Crippen LogP) is 6.41. The van der Waals surface area contributed by atoms with Crippen molar-refractivity contribution < 1.29 is 19.1 Å². The van der Waals surface area contributed by atoms with Crippen LogP contribution in [0.15, 0.2) is 53.9 Å². The molecule has 2 heterocycles. The van der Waals surface area contributed by atoms with Crippen molar-refractivity contribution in [2.24, 2.45) is 5.92 Å². The first kappa shape index (κ1) is 28.0. The van der Waals surface area contributed by atoms with Gasteiger partial charge in [0.2, 0.25) is 5.91 Å². The second-order valence-corrected chi connectivity index (χ2v) is 11.4. The standard InChI is InChI=1S/C30H35ClN2O4S/c1-20(2)10-13-32(30(35)22-6-5-7-23(17-22)36-4)18-29(34)33-14-11-28-25(12-15-38-28)27(33)19-37-24-8-9-26(31)21(3)16-24/h5-9,12,15-17,20,27H,10-11,13-14,18-19H2,1-4H3/t27-/m1/s1. The van der Waals surface area contributed by atoms with Gasteiger partial charge in [0.15, 0.2) is 0 Å². The average molecular weight is 555 g/mol. The maximum Gasteiger partial charge on any atom is 0.254 e. The van der Waals surface area contributed by atoms with Gasteiger partial charge >= 0.3 is 0 Å². The van der Waals surface area contributed by atoms with E-state index in [4.69, 9.17) is 21.1 Å². The summed E-state index contributed by atoms with van der Waals surface area (Å²) in [5.74, 6) is 1.48. The summed E-state index contributed by atoms with van der Waals surface area (Å²) in [5, 5.41) is 2.76. The number of carbonyl (C=O) groups is 2. The Morgan fingerprint density at radius 2 is 1.97 bits per heavy atom. The third kappa shape index (κ3) is 6.69. The monoisotopic (exact) mass is 554 g/mol. The Morgan fingerprint density at radius 1 is 1.16 bits per heavy atom. The lowest BCUT2D eigenvalue weighted by atomic mass is 10.00. The van der Waals surface area contributed by atoms with Crippen LogP contribution in [-0.2, 0) is 11.2 Å². The number of hydrogen-bond acceptors (Lipinski definition) is 5. The van der Waals surface area contributed by atoms with Gasteiger partial charge in [0.05, 0.1) is 13.2 Å². The van der Waals surface area contributed by atoms with Crippen LogP contribution in [0.1, 0.15) is 52.7 Å². The van der Waals surface area contributed by atoms with Crippen LogP contribution in [0.25, 0.3) is 0 Å². The molecule has 1 aliphatic heterocycles. The number of nitrogens with zero attached hydrogens (tertiary/aromatic N) is 2. The van der Waals surface area contributed by atoms with Crippen LogP contribution in [0.4, 0.5) is 0 Å². The fourth-order valence-electron chi connectivity index (χ4n) is 4.62. The summed E-state index contributed by atoms with van der Waals surface area (Å²) in [6.45, 7) is 7.60. The van der Waals surface area contributed by atoms with Crippen LogP contribution >= 0.6 is 22.9 Å². The van der Waals surface area contributed by atoms with Crippen molar-refractivity contribution in [1.82, 2.24) is 9.80 Å². The topological polar surface area (TPSA) is 59.1 Å². The summed E-state index contributed by atoms with van der Waals surface area (Å²) in [7, 11) is 1.58. The molecule has 0 N–H and O–H groups in total. The summed E-state index contributed by atoms with van der Waals surface area (Å²) in [6.07, 6.45) is 1.60. The molecule has 2 amide bonds. The number of thiophene rings is 1. The highest BCUT2D eigenvalue weighted by Gasteiger charge is 2.33. The van der Waals surface area contributed by atoms with Gasteiger partial charge in [-0.2, -0.15) is 0 Å². The Balaban J connectivity index is 1.54. The molecule has 0 unspecified atom stereocenters. The van der Waals surface area contributed by atoms with E-state index in [1.54, 1.807) is 47.6 Å². The third-order valence-electron chi connectivity index (χ3n) is 6.86. The van der Waals surface area contributed by atoms with E-state index in [-0.39, 0.29) is 24.4 Å². The van der Waals surface area contributed by atoms with E-state index in [1.807, 2.05) is 30.0 Å². The SMILES string of the molecule is COc1cccc(C(=O)N(CCC(C)C)CC(=O)N2CCc3sccc3[C@H]2COc2ccc(Cl)c(C)c2)c1. The molecular weight excluding hydrogens is 520 g/mol. The number of aryl methyl sites for hydroxylation is 1. The Bertz CT molecular complexity index is 1270. The van der Waals surface area contributed by atoms with Crippen molar-refractivity contribution in [2.75, 3.05) is 33.4 Å². The smallest absolute Gasteiger partial charge is 0.254 e. The van der Waals surface area contributed by atoms with Gasteiger partial charge in [-0.05, 0) is 84.7 Å². The van der Waals surface area contributed by atoms with Gasteiger partial charge in [-0.1, -0.05) is 31.5 Å². The van der Waals surface area contributed by atoms with Gasteiger partial charge < -0.3 is 19.3 Å². The number of methoxy groups -OCH3 is 1. The molecule has 1 aromatic heterocycles. The molecule has 8 heteroatoms. The van der Waals surface area contributed by atoms with Gasteiger partial charge in [0.25, 0.3) is 5.91 Å². The molecule has 202 valence electrons. The molecule has 0 bridgehead atoms. The van der Waals surface area contributed by atoms with Crippen LogP contribution in [-0.4, -0.2) is 55.0 Å². The zero-order chi connectivity index (χ0) is 27.2. The van der Waals surface area contributed by atoms with Crippen molar-refractivity contribution in [2.45, 2.75) is 39.7 Å². The van der Waals surface area contributed by atoms with Crippen LogP contribution in [0.5, 0.6) is 11.5 Å². The number of benzene rings is 2. The maximum absolute atomic E-state index is 13.8. The molecule has 0 spiro atoms. The Hall–Kier alpha value is -3.03. The second-order valence-electron chi connectivity index (χ2n) is 10.0. The first-order valence-electron chi connectivity index (χ1n) is 12.9. The fourth-order valence-corrected chi connectivity index (χ4v) is 5.66. The molecule has 2 aromatic carbocycles. The van der Waals surface area contributed by atoms with Crippen molar-refractivity contribution in [3.05, 3.63) is 80.5 Å².